The van der Waals surface area contributed by atoms with Crippen molar-refractivity contribution in [3.05, 3.63) is 94.0 Å². The van der Waals surface area contributed by atoms with E-state index in [-0.39, 0.29) is 12.2 Å². The number of urea groups is 1. The number of anilines is 1. The molecule has 0 atom stereocenters. The second kappa shape index (κ2) is 9.80. The van der Waals surface area contributed by atoms with E-state index in [2.05, 4.69) is 5.32 Å². The minimum atomic E-state index is -0.795. The fraction of sp³-hybridized carbons (Fsp3) is 0.115. The minimum Gasteiger partial charge on any atom is -0.493 e. The van der Waals surface area contributed by atoms with Crippen LogP contribution in [0.4, 0.5) is 10.5 Å². The monoisotopic (exact) mass is 476 g/mol. The van der Waals surface area contributed by atoms with Crippen molar-refractivity contribution in [3.8, 4) is 11.5 Å². The molecule has 1 saturated heterocycles. The number of rotatable bonds is 6. The van der Waals surface area contributed by atoms with E-state index in [0.29, 0.717) is 27.8 Å². The number of halogens is 1. The Morgan fingerprint density at radius 1 is 0.971 bits per heavy atom. The van der Waals surface area contributed by atoms with Crippen LogP contribution >= 0.6 is 11.6 Å². The third-order valence-electron chi connectivity index (χ3n) is 5.23. The molecule has 1 N–H and O–H groups in total. The molecule has 7 nitrogen and oxygen atoms in total. The summed E-state index contributed by atoms with van der Waals surface area (Å²) >= 11 is 6.18. The van der Waals surface area contributed by atoms with Crippen molar-refractivity contribution in [1.29, 1.82) is 0 Å². The first kappa shape index (κ1) is 23.1. The fourth-order valence-electron chi connectivity index (χ4n) is 3.42. The number of nitrogens with zero attached hydrogens (tertiary/aromatic N) is 1. The molecule has 4 amide bonds. The Bertz CT molecular complexity index is 1300. The zero-order chi connectivity index (χ0) is 24.2. The van der Waals surface area contributed by atoms with Gasteiger partial charge in [-0.25, -0.2) is 9.69 Å². The summed E-state index contributed by atoms with van der Waals surface area (Å²) in [5.74, 6) is -0.594. The molecule has 0 bridgehead atoms. The molecule has 1 aliphatic rings. The smallest absolute Gasteiger partial charge is 0.335 e. The van der Waals surface area contributed by atoms with Crippen LogP contribution in [-0.2, 0) is 16.2 Å². The highest BCUT2D eigenvalue weighted by Gasteiger charge is 2.36. The zero-order valence-electron chi connectivity index (χ0n) is 18.5. The van der Waals surface area contributed by atoms with Crippen LogP contribution in [0.1, 0.15) is 16.7 Å². The summed E-state index contributed by atoms with van der Waals surface area (Å²) < 4.78 is 11.3. The topological polar surface area (TPSA) is 84.9 Å². The number of methoxy groups -OCH3 is 1. The van der Waals surface area contributed by atoms with Crippen LogP contribution in [0.25, 0.3) is 6.08 Å². The quantitative estimate of drug-likeness (QED) is 0.404. The molecule has 172 valence electrons. The van der Waals surface area contributed by atoms with Gasteiger partial charge in [0.05, 0.1) is 12.8 Å². The highest BCUT2D eigenvalue weighted by molar-refractivity contribution is 6.39. The van der Waals surface area contributed by atoms with Gasteiger partial charge in [-0.1, -0.05) is 53.6 Å². The molecule has 0 aromatic heterocycles. The number of hydrogen-bond donors (Lipinski definition) is 1. The summed E-state index contributed by atoms with van der Waals surface area (Å²) in [4.78, 5) is 38.8. The number of hydrogen-bond acceptors (Lipinski definition) is 5. The van der Waals surface area contributed by atoms with Gasteiger partial charge < -0.3 is 9.47 Å². The first-order valence-corrected chi connectivity index (χ1v) is 10.8. The average Bonchev–Trinajstić information content (AvgIpc) is 2.82. The van der Waals surface area contributed by atoms with Gasteiger partial charge >= 0.3 is 6.03 Å². The van der Waals surface area contributed by atoms with Crippen LogP contribution in [0.15, 0.2) is 72.3 Å². The van der Waals surface area contributed by atoms with Crippen molar-refractivity contribution < 1.29 is 23.9 Å². The number of imide groups is 2. The van der Waals surface area contributed by atoms with Crippen LogP contribution in [0, 0.1) is 6.92 Å². The van der Waals surface area contributed by atoms with Gasteiger partial charge in [0.1, 0.15) is 12.2 Å². The van der Waals surface area contributed by atoms with E-state index in [1.165, 1.54) is 13.2 Å². The van der Waals surface area contributed by atoms with Crippen LogP contribution in [0.3, 0.4) is 0 Å². The maximum Gasteiger partial charge on any atom is 0.335 e. The molecular formula is C26H21ClN2O5. The number of nitrogens with one attached hydrogen (secondary N) is 1. The summed E-state index contributed by atoms with van der Waals surface area (Å²) in [6, 6.07) is 18.4. The Labute approximate surface area is 201 Å². The standard InChI is InChI=1S/C26H21ClN2O5/c1-16-7-10-19(11-8-16)29-25(31)20(24(30)28-26(29)32)13-17-9-12-22(23(14-17)33-2)34-15-18-5-3-4-6-21(18)27/h3-14H,15H2,1-2H3,(H,28,30,32)/b20-13+. The highest BCUT2D eigenvalue weighted by Crippen LogP contribution is 2.31. The number of carbonyl (C=O) groups excluding carboxylic acids is 3. The van der Waals surface area contributed by atoms with E-state index < -0.39 is 17.8 Å². The molecule has 0 unspecified atom stereocenters. The van der Waals surface area contributed by atoms with E-state index in [1.54, 1.807) is 48.5 Å². The largest absolute Gasteiger partial charge is 0.493 e. The molecule has 4 rings (SSSR count). The van der Waals surface area contributed by atoms with Gasteiger partial charge in [-0.15, -0.1) is 0 Å². The Hall–Kier alpha value is -4.10. The van der Waals surface area contributed by atoms with Crippen molar-refractivity contribution in [1.82, 2.24) is 5.32 Å². The summed E-state index contributed by atoms with van der Waals surface area (Å²) in [5.41, 5.74) is 2.52. The normalized spacial score (nSPS) is 14.9. The van der Waals surface area contributed by atoms with Crippen LogP contribution in [0.2, 0.25) is 5.02 Å². The lowest BCUT2D eigenvalue weighted by atomic mass is 10.1. The van der Waals surface area contributed by atoms with Crippen LogP contribution < -0.4 is 19.7 Å². The predicted octanol–water partition coefficient (Wildman–Crippen LogP) is 4.90. The Balaban J connectivity index is 1.60. The third-order valence-corrected chi connectivity index (χ3v) is 5.60. The van der Waals surface area contributed by atoms with Gasteiger partial charge in [-0.3, -0.25) is 14.9 Å². The first-order chi connectivity index (χ1) is 16.4. The van der Waals surface area contributed by atoms with E-state index in [0.717, 1.165) is 16.0 Å². The van der Waals surface area contributed by atoms with Gasteiger partial charge in [0, 0.05) is 10.6 Å². The highest BCUT2D eigenvalue weighted by atomic mass is 35.5. The Morgan fingerprint density at radius 3 is 2.41 bits per heavy atom. The minimum absolute atomic E-state index is 0.174. The van der Waals surface area contributed by atoms with Crippen molar-refractivity contribution in [2.24, 2.45) is 0 Å². The summed E-state index contributed by atoms with van der Waals surface area (Å²) in [6.07, 6.45) is 1.41. The number of ether oxygens (including phenoxy) is 2. The zero-order valence-corrected chi connectivity index (χ0v) is 19.3. The number of amides is 4. The Kier molecular flexibility index (Phi) is 6.65. The van der Waals surface area contributed by atoms with Gasteiger partial charge in [0.25, 0.3) is 11.8 Å². The SMILES string of the molecule is COc1cc(/C=C2\C(=O)NC(=O)N(c3ccc(C)cc3)C2=O)ccc1OCc1ccccc1Cl. The maximum atomic E-state index is 13.1. The van der Waals surface area contributed by atoms with Gasteiger partial charge in [0.15, 0.2) is 11.5 Å². The van der Waals surface area contributed by atoms with Crippen molar-refractivity contribution >= 4 is 41.2 Å². The van der Waals surface area contributed by atoms with Gasteiger partial charge in [0.2, 0.25) is 0 Å². The second-order valence-electron chi connectivity index (χ2n) is 7.58. The number of benzene rings is 3. The lowest BCUT2D eigenvalue weighted by molar-refractivity contribution is -0.122. The molecule has 1 fully saturated rings. The summed E-state index contributed by atoms with van der Waals surface area (Å²) in [7, 11) is 1.49. The first-order valence-electron chi connectivity index (χ1n) is 10.4. The molecule has 8 heteroatoms. The van der Waals surface area contributed by atoms with Crippen molar-refractivity contribution in [2.45, 2.75) is 13.5 Å². The molecule has 34 heavy (non-hydrogen) atoms. The van der Waals surface area contributed by atoms with E-state index in [9.17, 15) is 14.4 Å². The van der Waals surface area contributed by atoms with E-state index >= 15 is 0 Å². The molecule has 0 saturated carbocycles. The van der Waals surface area contributed by atoms with Crippen molar-refractivity contribution in [2.75, 3.05) is 12.0 Å². The molecule has 1 heterocycles. The lowest BCUT2D eigenvalue weighted by Gasteiger charge is -2.26. The molecular weight excluding hydrogens is 456 g/mol. The molecule has 0 radical (unpaired) electrons. The number of aryl methyl sites for hydroxylation is 1. The predicted molar refractivity (Wildman–Crippen MR) is 129 cm³/mol. The lowest BCUT2D eigenvalue weighted by Crippen LogP contribution is -2.54. The molecule has 0 spiro atoms. The second-order valence-corrected chi connectivity index (χ2v) is 7.99. The van der Waals surface area contributed by atoms with E-state index in [1.807, 2.05) is 25.1 Å². The van der Waals surface area contributed by atoms with Crippen molar-refractivity contribution in [3.63, 3.8) is 0 Å². The van der Waals surface area contributed by atoms with E-state index in [4.69, 9.17) is 21.1 Å². The summed E-state index contributed by atoms with van der Waals surface area (Å²) in [6.45, 7) is 2.14. The number of barbiturate groups is 1. The molecule has 3 aromatic carbocycles. The maximum absolute atomic E-state index is 13.1. The molecule has 1 aliphatic heterocycles. The van der Waals surface area contributed by atoms with Crippen LogP contribution in [-0.4, -0.2) is 25.0 Å². The average molecular weight is 477 g/mol. The van der Waals surface area contributed by atoms with Gasteiger partial charge in [-0.2, -0.15) is 0 Å². The third kappa shape index (κ3) is 4.79. The van der Waals surface area contributed by atoms with Gasteiger partial charge in [-0.05, 0) is 48.9 Å². The molecule has 3 aromatic rings. The molecule has 0 aliphatic carbocycles. The Morgan fingerprint density at radius 2 is 1.71 bits per heavy atom. The number of carbonyl (C=O) groups is 3. The van der Waals surface area contributed by atoms with Crippen LogP contribution in [0.5, 0.6) is 11.5 Å². The fourth-order valence-corrected chi connectivity index (χ4v) is 3.61. The summed E-state index contributed by atoms with van der Waals surface area (Å²) in [5, 5.41) is 2.81.